The second kappa shape index (κ2) is 4.35. The number of fused-ring (bicyclic) bond motifs is 1. The van der Waals surface area contributed by atoms with Gasteiger partial charge in [-0.05, 0) is 53.2 Å². The lowest BCUT2D eigenvalue weighted by Crippen LogP contribution is -1.99. The number of aryl methyl sites for hydroxylation is 1. The Balaban J connectivity index is 2.15. The maximum absolute atomic E-state index is 13.2. The van der Waals surface area contributed by atoms with Gasteiger partial charge in [-0.25, -0.2) is 4.39 Å². The van der Waals surface area contributed by atoms with Gasteiger partial charge in [0.2, 0.25) is 0 Å². The molecular formula is C14H8BrFO3. The lowest BCUT2D eigenvalue weighted by Gasteiger charge is -1.94. The van der Waals surface area contributed by atoms with Crippen LogP contribution in [0.1, 0.15) is 21.9 Å². The molecule has 0 N–H and O–H groups in total. The first kappa shape index (κ1) is 12.2. The van der Waals surface area contributed by atoms with E-state index in [9.17, 15) is 9.18 Å². The summed E-state index contributed by atoms with van der Waals surface area (Å²) in [5, 5.41) is 0.592. The zero-order valence-corrected chi connectivity index (χ0v) is 11.5. The van der Waals surface area contributed by atoms with Crippen LogP contribution >= 0.6 is 15.9 Å². The van der Waals surface area contributed by atoms with E-state index in [0.717, 1.165) is 0 Å². The maximum atomic E-state index is 13.2. The van der Waals surface area contributed by atoms with E-state index in [2.05, 4.69) is 15.9 Å². The fourth-order valence-electron chi connectivity index (χ4n) is 1.96. The van der Waals surface area contributed by atoms with Gasteiger partial charge in [-0.1, -0.05) is 0 Å². The second-order valence-corrected chi connectivity index (χ2v) is 4.91. The number of carbonyl (C=O) groups is 1. The van der Waals surface area contributed by atoms with E-state index in [0.29, 0.717) is 21.2 Å². The Kier molecular flexibility index (Phi) is 2.78. The molecule has 96 valence electrons. The van der Waals surface area contributed by atoms with Crippen molar-refractivity contribution in [2.75, 3.05) is 0 Å². The Bertz CT molecular complexity index is 785. The summed E-state index contributed by atoms with van der Waals surface area (Å²) in [6.45, 7) is 1.72. The van der Waals surface area contributed by atoms with E-state index in [1.165, 1.54) is 18.2 Å². The molecule has 2 heterocycles. The summed E-state index contributed by atoms with van der Waals surface area (Å²) in [6, 6.07) is 7.34. The van der Waals surface area contributed by atoms with Crippen molar-refractivity contribution in [3.05, 3.63) is 57.9 Å². The fraction of sp³-hybridized carbons (Fsp3) is 0.0714. The molecule has 0 saturated heterocycles. The van der Waals surface area contributed by atoms with Gasteiger partial charge in [0.05, 0.1) is 0 Å². The first-order valence-electron chi connectivity index (χ1n) is 5.55. The van der Waals surface area contributed by atoms with Crippen LogP contribution in [0.5, 0.6) is 0 Å². The van der Waals surface area contributed by atoms with Crippen LogP contribution in [0.15, 0.2) is 43.8 Å². The molecule has 0 spiro atoms. The van der Waals surface area contributed by atoms with E-state index in [-0.39, 0.29) is 23.1 Å². The third-order valence-electron chi connectivity index (χ3n) is 2.90. The quantitative estimate of drug-likeness (QED) is 0.654. The monoisotopic (exact) mass is 322 g/mol. The van der Waals surface area contributed by atoms with Gasteiger partial charge in [0.15, 0.2) is 16.2 Å². The van der Waals surface area contributed by atoms with Gasteiger partial charge in [-0.3, -0.25) is 4.79 Å². The summed E-state index contributed by atoms with van der Waals surface area (Å²) in [6.07, 6.45) is 0. The third kappa shape index (κ3) is 2.00. The minimum atomic E-state index is -0.365. The molecule has 0 aliphatic rings. The minimum absolute atomic E-state index is 0.169. The van der Waals surface area contributed by atoms with E-state index in [1.54, 1.807) is 19.1 Å². The van der Waals surface area contributed by atoms with Crippen molar-refractivity contribution >= 4 is 32.7 Å². The molecule has 0 fully saturated rings. The van der Waals surface area contributed by atoms with Gasteiger partial charge in [0.1, 0.15) is 11.4 Å². The molecule has 19 heavy (non-hydrogen) atoms. The minimum Gasteiger partial charge on any atom is -0.452 e. The molecule has 0 bridgehead atoms. The number of hydrogen-bond donors (Lipinski definition) is 0. The molecule has 2 aromatic heterocycles. The van der Waals surface area contributed by atoms with E-state index >= 15 is 0 Å². The Morgan fingerprint density at radius 2 is 2.00 bits per heavy atom. The predicted molar refractivity (Wildman–Crippen MR) is 70.7 cm³/mol. The molecule has 0 saturated carbocycles. The van der Waals surface area contributed by atoms with E-state index in [1.807, 2.05) is 0 Å². The molecular weight excluding hydrogens is 315 g/mol. The Morgan fingerprint density at radius 3 is 2.68 bits per heavy atom. The molecule has 0 unspecified atom stereocenters. The van der Waals surface area contributed by atoms with Gasteiger partial charge in [0.25, 0.3) is 5.78 Å². The summed E-state index contributed by atoms with van der Waals surface area (Å²) in [4.78, 5) is 12.2. The number of furan rings is 2. The van der Waals surface area contributed by atoms with Gasteiger partial charge in [-0.15, -0.1) is 0 Å². The summed E-state index contributed by atoms with van der Waals surface area (Å²) in [7, 11) is 0. The SMILES string of the molecule is Cc1c(C(=O)c2ccc(Br)o2)oc2ccc(F)cc12. The van der Waals surface area contributed by atoms with Gasteiger partial charge < -0.3 is 8.83 Å². The van der Waals surface area contributed by atoms with Crippen molar-refractivity contribution in [3.63, 3.8) is 0 Å². The van der Waals surface area contributed by atoms with Crippen molar-refractivity contribution in [3.8, 4) is 0 Å². The van der Waals surface area contributed by atoms with Crippen LogP contribution in [-0.2, 0) is 0 Å². The van der Waals surface area contributed by atoms with Crippen LogP contribution in [-0.4, -0.2) is 5.78 Å². The normalized spacial score (nSPS) is 11.1. The Hall–Kier alpha value is -1.88. The summed E-state index contributed by atoms with van der Waals surface area (Å²) >= 11 is 3.14. The molecule has 1 aromatic carbocycles. The van der Waals surface area contributed by atoms with Crippen LogP contribution in [0.3, 0.4) is 0 Å². The predicted octanol–water partition coefficient (Wildman–Crippen LogP) is 4.47. The first-order valence-corrected chi connectivity index (χ1v) is 6.34. The molecule has 0 atom stereocenters. The van der Waals surface area contributed by atoms with Gasteiger partial charge >= 0.3 is 0 Å². The molecule has 0 aliphatic heterocycles. The Morgan fingerprint density at radius 1 is 1.21 bits per heavy atom. The van der Waals surface area contributed by atoms with E-state index in [4.69, 9.17) is 8.83 Å². The topological polar surface area (TPSA) is 43.4 Å². The van der Waals surface area contributed by atoms with E-state index < -0.39 is 0 Å². The summed E-state index contributed by atoms with van der Waals surface area (Å²) in [5.41, 5.74) is 1.08. The number of carbonyl (C=O) groups excluding carboxylic acids is 1. The summed E-state index contributed by atoms with van der Waals surface area (Å²) < 4.78 is 24.4. The number of rotatable bonds is 2. The molecule has 0 radical (unpaired) electrons. The van der Waals surface area contributed by atoms with Crippen LogP contribution in [0.2, 0.25) is 0 Å². The lowest BCUT2D eigenvalue weighted by molar-refractivity contribution is 0.0983. The standard InChI is InChI=1S/C14H8BrFO3/c1-7-9-6-8(16)2-3-10(9)19-14(7)13(17)11-4-5-12(15)18-11/h2-6H,1H3. The number of hydrogen-bond acceptors (Lipinski definition) is 3. The van der Waals surface area contributed by atoms with Crippen LogP contribution in [0, 0.1) is 12.7 Å². The zero-order valence-electron chi connectivity index (χ0n) is 9.87. The highest BCUT2D eigenvalue weighted by atomic mass is 79.9. The largest absolute Gasteiger partial charge is 0.452 e. The number of benzene rings is 1. The molecule has 3 aromatic rings. The van der Waals surface area contributed by atoms with Crippen molar-refractivity contribution < 1.29 is 18.0 Å². The van der Waals surface area contributed by atoms with Crippen LogP contribution in [0.25, 0.3) is 11.0 Å². The second-order valence-electron chi connectivity index (χ2n) is 4.13. The molecule has 3 rings (SSSR count). The number of halogens is 2. The first-order chi connectivity index (χ1) is 9.06. The lowest BCUT2D eigenvalue weighted by atomic mass is 10.1. The summed E-state index contributed by atoms with van der Waals surface area (Å²) in [5.74, 6) is -0.382. The van der Waals surface area contributed by atoms with Crippen molar-refractivity contribution in [2.24, 2.45) is 0 Å². The van der Waals surface area contributed by atoms with Crippen LogP contribution in [0.4, 0.5) is 4.39 Å². The Labute approximate surface area is 116 Å². The van der Waals surface area contributed by atoms with Crippen LogP contribution < -0.4 is 0 Å². The molecule has 0 amide bonds. The number of ketones is 1. The fourth-order valence-corrected chi connectivity index (χ4v) is 2.26. The van der Waals surface area contributed by atoms with Crippen molar-refractivity contribution in [1.82, 2.24) is 0 Å². The average molecular weight is 323 g/mol. The average Bonchev–Trinajstić information content (AvgIpc) is 2.94. The maximum Gasteiger partial charge on any atom is 0.263 e. The molecule has 5 heteroatoms. The third-order valence-corrected chi connectivity index (χ3v) is 3.33. The van der Waals surface area contributed by atoms with Crippen molar-refractivity contribution in [2.45, 2.75) is 6.92 Å². The smallest absolute Gasteiger partial charge is 0.263 e. The highest BCUT2D eigenvalue weighted by Gasteiger charge is 2.22. The molecule has 3 nitrogen and oxygen atoms in total. The van der Waals surface area contributed by atoms with Gasteiger partial charge in [0, 0.05) is 10.9 Å². The van der Waals surface area contributed by atoms with Gasteiger partial charge in [-0.2, -0.15) is 0 Å². The highest BCUT2D eigenvalue weighted by Crippen LogP contribution is 2.28. The zero-order chi connectivity index (χ0) is 13.6. The highest BCUT2D eigenvalue weighted by molar-refractivity contribution is 9.10. The van der Waals surface area contributed by atoms with Crippen molar-refractivity contribution in [1.29, 1.82) is 0 Å². The molecule has 0 aliphatic carbocycles.